The van der Waals surface area contributed by atoms with Gasteiger partial charge in [-0.25, -0.2) is 9.78 Å². The number of amides is 1. The molecule has 6 nitrogen and oxygen atoms in total. The summed E-state index contributed by atoms with van der Waals surface area (Å²) >= 11 is 1.39. The Hall–Kier alpha value is -2.15. The fourth-order valence-electron chi connectivity index (χ4n) is 1.97. The highest BCUT2D eigenvalue weighted by Crippen LogP contribution is 2.24. The zero-order chi connectivity index (χ0) is 15.4. The fourth-order valence-corrected chi connectivity index (χ4v) is 2.76. The van der Waals surface area contributed by atoms with Crippen LogP contribution in [0.2, 0.25) is 0 Å². The second-order valence-electron chi connectivity index (χ2n) is 4.57. The second-order valence-corrected chi connectivity index (χ2v) is 5.42. The van der Waals surface area contributed by atoms with Crippen molar-refractivity contribution in [3.63, 3.8) is 0 Å². The highest BCUT2D eigenvalue weighted by Gasteiger charge is 2.25. The van der Waals surface area contributed by atoms with Crippen LogP contribution in [0.15, 0.2) is 28.2 Å². The molecule has 1 N–H and O–H groups in total. The molecule has 0 fully saturated rings. The summed E-state index contributed by atoms with van der Waals surface area (Å²) in [6.45, 7) is 1.74. The lowest BCUT2D eigenvalue weighted by Crippen LogP contribution is -2.42. The predicted octanol–water partition coefficient (Wildman–Crippen LogP) is 2.27. The standard InChI is InChI=1S/C14H16N2O4S/c1-3-10(14(18)19)16(2)12(17)7-9-8-21-13(15-9)11-5-4-6-20-11/h4-6,8,10H,3,7H2,1-2H3,(H,18,19). The van der Waals surface area contributed by atoms with Crippen LogP contribution in [0, 0.1) is 0 Å². The van der Waals surface area contributed by atoms with E-state index in [9.17, 15) is 9.59 Å². The van der Waals surface area contributed by atoms with E-state index in [1.165, 1.54) is 23.3 Å². The van der Waals surface area contributed by atoms with Gasteiger partial charge in [-0.15, -0.1) is 11.3 Å². The van der Waals surface area contributed by atoms with Gasteiger partial charge in [-0.05, 0) is 18.6 Å². The summed E-state index contributed by atoms with van der Waals surface area (Å²) in [5.41, 5.74) is 0.614. The molecule has 2 aromatic rings. The van der Waals surface area contributed by atoms with Gasteiger partial charge < -0.3 is 14.4 Å². The Bertz CT molecular complexity index is 621. The number of carbonyl (C=O) groups excluding carboxylic acids is 1. The minimum Gasteiger partial charge on any atom is -0.480 e. The van der Waals surface area contributed by atoms with E-state index in [-0.39, 0.29) is 12.3 Å². The molecule has 7 heteroatoms. The zero-order valence-corrected chi connectivity index (χ0v) is 12.6. The summed E-state index contributed by atoms with van der Waals surface area (Å²) in [5.74, 6) is -0.604. The van der Waals surface area contributed by atoms with Gasteiger partial charge in [-0.1, -0.05) is 6.92 Å². The van der Waals surface area contributed by atoms with Crippen molar-refractivity contribution >= 4 is 23.2 Å². The molecule has 2 aromatic heterocycles. The van der Waals surface area contributed by atoms with Gasteiger partial charge in [-0.2, -0.15) is 0 Å². The lowest BCUT2D eigenvalue weighted by atomic mass is 10.2. The van der Waals surface area contributed by atoms with Crippen LogP contribution in [0.3, 0.4) is 0 Å². The second kappa shape index (κ2) is 6.53. The first-order valence-corrected chi connectivity index (χ1v) is 7.37. The molecule has 0 aromatic carbocycles. The molecular weight excluding hydrogens is 292 g/mol. The summed E-state index contributed by atoms with van der Waals surface area (Å²) in [5, 5.41) is 11.6. The predicted molar refractivity (Wildman–Crippen MR) is 78.0 cm³/mol. The van der Waals surface area contributed by atoms with Crippen molar-refractivity contribution in [2.75, 3.05) is 7.05 Å². The Balaban J connectivity index is 2.04. The van der Waals surface area contributed by atoms with Crippen LogP contribution in [0.4, 0.5) is 0 Å². The van der Waals surface area contributed by atoms with Crippen molar-refractivity contribution in [3.8, 4) is 10.8 Å². The zero-order valence-electron chi connectivity index (χ0n) is 11.8. The van der Waals surface area contributed by atoms with Crippen molar-refractivity contribution in [1.82, 2.24) is 9.88 Å². The number of carboxylic acids is 1. The number of nitrogens with zero attached hydrogens (tertiary/aromatic N) is 2. The topological polar surface area (TPSA) is 83.6 Å². The maximum Gasteiger partial charge on any atom is 0.326 e. The molecule has 0 bridgehead atoms. The quantitative estimate of drug-likeness (QED) is 0.885. The first-order valence-electron chi connectivity index (χ1n) is 6.49. The fraction of sp³-hybridized carbons (Fsp3) is 0.357. The first kappa shape index (κ1) is 15.2. The highest BCUT2D eigenvalue weighted by molar-refractivity contribution is 7.13. The minimum atomic E-state index is -0.997. The van der Waals surface area contributed by atoms with Crippen molar-refractivity contribution in [1.29, 1.82) is 0 Å². The van der Waals surface area contributed by atoms with Crippen LogP contribution < -0.4 is 0 Å². The Kier molecular flexibility index (Phi) is 4.74. The normalized spacial score (nSPS) is 12.1. The number of hydrogen-bond acceptors (Lipinski definition) is 5. The maximum atomic E-state index is 12.1. The molecule has 21 heavy (non-hydrogen) atoms. The summed E-state index contributed by atoms with van der Waals surface area (Å²) in [6.07, 6.45) is 2.01. The third-order valence-corrected chi connectivity index (χ3v) is 4.05. The van der Waals surface area contributed by atoms with Crippen LogP contribution >= 0.6 is 11.3 Å². The average molecular weight is 308 g/mol. The van der Waals surface area contributed by atoms with E-state index < -0.39 is 12.0 Å². The number of hydrogen-bond donors (Lipinski definition) is 1. The molecule has 1 amide bonds. The lowest BCUT2D eigenvalue weighted by molar-refractivity contribution is -0.148. The van der Waals surface area contributed by atoms with Gasteiger partial charge in [0.05, 0.1) is 18.4 Å². The monoisotopic (exact) mass is 308 g/mol. The van der Waals surface area contributed by atoms with E-state index in [4.69, 9.17) is 9.52 Å². The first-order chi connectivity index (χ1) is 10.0. The van der Waals surface area contributed by atoms with Crippen LogP contribution in [0.25, 0.3) is 10.8 Å². The molecule has 0 saturated heterocycles. The third kappa shape index (κ3) is 3.49. The van der Waals surface area contributed by atoms with Gasteiger partial charge in [0.2, 0.25) is 5.91 Å². The van der Waals surface area contributed by atoms with E-state index in [2.05, 4.69) is 4.98 Å². The van der Waals surface area contributed by atoms with Crippen molar-refractivity contribution in [2.45, 2.75) is 25.8 Å². The van der Waals surface area contributed by atoms with Crippen molar-refractivity contribution in [3.05, 3.63) is 29.5 Å². The molecule has 0 aliphatic carbocycles. The smallest absolute Gasteiger partial charge is 0.326 e. The molecular formula is C14H16N2O4S. The lowest BCUT2D eigenvalue weighted by Gasteiger charge is -2.23. The summed E-state index contributed by atoms with van der Waals surface area (Å²) in [4.78, 5) is 28.8. The van der Waals surface area contributed by atoms with Gasteiger partial charge >= 0.3 is 5.97 Å². The number of thiazole rings is 1. The molecule has 2 heterocycles. The summed E-state index contributed by atoms with van der Waals surface area (Å²) in [7, 11) is 1.50. The summed E-state index contributed by atoms with van der Waals surface area (Å²) < 4.78 is 5.25. The van der Waals surface area contributed by atoms with E-state index in [1.54, 1.807) is 30.7 Å². The highest BCUT2D eigenvalue weighted by atomic mass is 32.1. The van der Waals surface area contributed by atoms with Gasteiger partial charge in [0.25, 0.3) is 0 Å². The molecule has 1 atom stereocenters. The number of furan rings is 1. The number of carbonyl (C=O) groups is 2. The largest absolute Gasteiger partial charge is 0.480 e. The molecule has 0 saturated carbocycles. The Morgan fingerprint density at radius 3 is 2.86 bits per heavy atom. The van der Waals surface area contributed by atoms with Crippen molar-refractivity contribution in [2.24, 2.45) is 0 Å². The van der Waals surface area contributed by atoms with Gasteiger partial charge in [-0.3, -0.25) is 4.79 Å². The van der Waals surface area contributed by atoms with Crippen LogP contribution in [-0.2, 0) is 16.0 Å². The average Bonchev–Trinajstić information content (AvgIpc) is 3.08. The molecule has 0 aliphatic rings. The van der Waals surface area contributed by atoms with Crippen LogP contribution in [-0.4, -0.2) is 40.0 Å². The van der Waals surface area contributed by atoms with Gasteiger partial charge in [0, 0.05) is 12.4 Å². The Morgan fingerprint density at radius 1 is 1.52 bits per heavy atom. The number of carboxylic acid groups (broad SMARTS) is 1. The van der Waals surface area contributed by atoms with Crippen LogP contribution in [0.5, 0.6) is 0 Å². The molecule has 0 radical (unpaired) electrons. The Morgan fingerprint density at radius 2 is 2.29 bits per heavy atom. The number of aromatic nitrogens is 1. The summed E-state index contributed by atoms with van der Waals surface area (Å²) in [6, 6.07) is 2.77. The minimum absolute atomic E-state index is 0.0808. The number of rotatable bonds is 6. The van der Waals surface area contributed by atoms with Crippen molar-refractivity contribution < 1.29 is 19.1 Å². The maximum absolute atomic E-state index is 12.1. The van der Waals surface area contributed by atoms with E-state index >= 15 is 0 Å². The van der Waals surface area contributed by atoms with E-state index in [1.807, 2.05) is 0 Å². The third-order valence-electron chi connectivity index (χ3n) is 3.15. The molecule has 2 rings (SSSR count). The number of aliphatic carboxylic acids is 1. The van der Waals surface area contributed by atoms with Gasteiger partial charge in [0.1, 0.15) is 6.04 Å². The number of likely N-dealkylation sites (N-methyl/N-ethyl adjacent to an activating group) is 1. The molecule has 1 unspecified atom stereocenters. The van der Waals surface area contributed by atoms with E-state index in [0.717, 1.165) is 0 Å². The molecule has 0 spiro atoms. The SMILES string of the molecule is CCC(C(=O)O)N(C)C(=O)Cc1csc(-c2ccco2)n1. The molecule has 0 aliphatic heterocycles. The molecule has 112 valence electrons. The van der Waals surface area contributed by atoms with Gasteiger partial charge in [0.15, 0.2) is 10.8 Å². The van der Waals surface area contributed by atoms with E-state index in [0.29, 0.717) is 22.9 Å². The Labute approximate surface area is 126 Å². The van der Waals surface area contributed by atoms with Crippen LogP contribution in [0.1, 0.15) is 19.0 Å².